The molecule has 2 heterocycles. The Morgan fingerprint density at radius 1 is 1.05 bits per heavy atom. The Labute approximate surface area is 119 Å². The lowest BCUT2D eigenvalue weighted by molar-refractivity contribution is 0.166. The molecule has 0 aromatic rings. The van der Waals surface area contributed by atoms with Gasteiger partial charge in [0, 0.05) is 38.3 Å². The predicted octanol–water partition coefficient (Wildman–Crippen LogP) is 2.18. The molecule has 3 nitrogen and oxygen atoms in total. The van der Waals surface area contributed by atoms with Crippen LogP contribution in [0.15, 0.2) is 0 Å². The van der Waals surface area contributed by atoms with Gasteiger partial charge in [0.1, 0.15) is 0 Å². The van der Waals surface area contributed by atoms with E-state index in [4.69, 9.17) is 0 Å². The van der Waals surface area contributed by atoms with E-state index in [-0.39, 0.29) is 0 Å². The molecule has 0 bridgehead atoms. The van der Waals surface area contributed by atoms with Crippen molar-refractivity contribution in [3.05, 3.63) is 0 Å². The molecule has 112 valence electrons. The number of hydrogen-bond acceptors (Lipinski definition) is 3. The summed E-state index contributed by atoms with van der Waals surface area (Å²) in [6, 6.07) is 0. The van der Waals surface area contributed by atoms with Crippen LogP contribution in [0.4, 0.5) is 0 Å². The summed E-state index contributed by atoms with van der Waals surface area (Å²) in [4.78, 5) is 5.28. The quantitative estimate of drug-likeness (QED) is 0.770. The zero-order valence-electron chi connectivity index (χ0n) is 13.2. The van der Waals surface area contributed by atoms with Crippen LogP contribution in [0.25, 0.3) is 0 Å². The number of hydrogen-bond donors (Lipinski definition) is 1. The second-order valence-electron chi connectivity index (χ2n) is 7.36. The van der Waals surface area contributed by atoms with Gasteiger partial charge in [-0.3, -0.25) is 4.90 Å². The van der Waals surface area contributed by atoms with Crippen LogP contribution >= 0.6 is 0 Å². The zero-order valence-corrected chi connectivity index (χ0v) is 13.2. The Morgan fingerprint density at radius 2 is 1.79 bits per heavy atom. The lowest BCUT2D eigenvalue weighted by Crippen LogP contribution is -2.43. The van der Waals surface area contributed by atoms with E-state index >= 15 is 0 Å². The third kappa shape index (κ3) is 5.05. The predicted molar refractivity (Wildman–Crippen MR) is 82.6 cm³/mol. The summed E-state index contributed by atoms with van der Waals surface area (Å²) in [6.45, 7) is 15.9. The van der Waals surface area contributed by atoms with Gasteiger partial charge in [-0.25, -0.2) is 0 Å². The molecule has 2 rings (SSSR count). The SMILES string of the molecule is CC(C)(C)N1CCC(CCCCN2CCNCC2)C1. The zero-order chi connectivity index (χ0) is 13.7. The second-order valence-corrected chi connectivity index (χ2v) is 7.36. The summed E-state index contributed by atoms with van der Waals surface area (Å²) < 4.78 is 0. The number of nitrogens with zero attached hydrogens (tertiary/aromatic N) is 2. The van der Waals surface area contributed by atoms with Crippen molar-refractivity contribution < 1.29 is 0 Å². The number of unbranched alkanes of at least 4 members (excludes halogenated alkanes) is 1. The average molecular weight is 267 g/mol. The van der Waals surface area contributed by atoms with Crippen LogP contribution in [-0.2, 0) is 0 Å². The van der Waals surface area contributed by atoms with Crippen molar-refractivity contribution >= 4 is 0 Å². The summed E-state index contributed by atoms with van der Waals surface area (Å²) in [5.74, 6) is 0.960. The second kappa shape index (κ2) is 7.05. The largest absolute Gasteiger partial charge is 0.314 e. The monoisotopic (exact) mass is 267 g/mol. The van der Waals surface area contributed by atoms with Gasteiger partial charge in [0.05, 0.1) is 0 Å². The van der Waals surface area contributed by atoms with Crippen LogP contribution in [0.3, 0.4) is 0 Å². The molecule has 2 aliphatic heterocycles. The van der Waals surface area contributed by atoms with Crippen molar-refractivity contribution in [3.63, 3.8) is 0 Å². The Balaban J connectivity index is 1.54. The van der Waals surface area contributed by atoms with E-state index in [1.54, 1.807) is 0 Å². The first-order valence-electron chi connectivity index (χ1n) is 8.24. The van der Waals surface area contributed by atoms with E-state index in [1.165, 1.54) is 71.5 Å². The van der Waals surface area contributed by atoms with Crippen LogP contribution in [-0.4, -0.2) is 61.2 Å². The molecular formula is C16H33N3. The Bertz CT molecular complexity index is 253. The molecule has 0 amide bonds. The van der Waals surface area contributed by atoms with Gasteiger partial charge in [-0.15, -0.1) is 0 Å². The average Bonchev–Trinajstić information content (AvgIpc) is 2.85. The van der Waals surface area contributed by atoms with Crippen molar-refractivity contribution in [2.24, 2.45) is 5.92 Å². The van der Waals surface area contributed by atoms with Crippen LogP contribution in [0, 0.1) is 5.92 Å². The van der Waals surface area contributed by atoms with E-state index in [0.29, 0.717) is 5.54 Å². The van der Waals surface area contributed by atoms with E-state index in [9.17, 15) is 0 Å². The fourth-order valence-electron chi connectivity index (χ4n) is 3.38. The molecule has 0 radical (unpaired) electrons. The standard InChI is InChI=1S/C16H33N3/c1-16(2,3)19-11-7-15(14-19)6-4-5-10-18-12-8-17-9-13-18/h15,17H,4-14H2,1-3H3. The number of rotatable bonds is 5. The molecule has 19 heavy (non-hydrogen) atoms. The minimum atomic E-state index is 0.371. The maximum Gasteiger partial charge on any atom is 0.0125 e. The first-order chi connectivity index (χ1) is 9.05. The van der Waals surface area contributed by atoms with Gasteiger partial charge in [0.15, 0.2) is 0 Å². The van der Waals surface area contributed by atoms with Crippen molar-refractivity contribution in [2.45, 2.75) is 52.0 Å². The minimum absolute atomic E-state index is 0.371. The van der Waals surface area contributed by atoms with Gasteiger partial charge < -0.3 is 10.2 Å². The van der Waals surface area contributed by atoms with Crippen molar-refractivity contribution in [1.29, 1.82) is 0 Å². The van der Waals surface area contributed by atoms with Crippen LogP contribution in [0.5, 0.6) is 0 Å². The first kappa shape index (κ1) is 15.3. The van der Waals surface area contributed by atoms with Crippen LogP contribution < -0.4 is 5.32 Å². The van der Waals surface area contributed by atoms with Crippen molar-refractivity contribution in [3.8, 4) is 0 Å². The van der Waals surface area contributed by atoms with E-state index in [2.05, 4.69) is 35.9 Å². The maximum atomic E-state index is 3.42. The normalized spacial score (nSPS) is 27.0. The number of likely N-dealkylation sites (tertiary alicyclic amines) is 1. The maximum absolute atomic E-state index is 3.42. The molecule has 0 aromatic heterocycles. The highest BCUT2D eigenvalue weighted by atomic mass is 15.2. The van der Waals surface area contributed by atoms with E-state index in [0.717, 1.165) is 5.92 Å². The fourth-order valence-corrected chi connectivity index (χ4v) is 3.38. The third-order valence-electron chi connectivity index (χ3n) is 4.78. The Morgan fingerprint density at radius 3 is 2.42 bits per heavy atom. The summed E-state index contributed by atoms with van der Waals surface area (Å²) in [5.41, 5.74) is 0.371. The van der Waals surface area contributed by atoms with Crippen LogP contribution in [0.2, 0.25) is 0 Å². The smallest absolute Gasteiger partial charge is 0.0125 e. The molecule has 1 atom stereocenters. The van der Waals surface area contributed by atoms with E-state index < -0.39 is 0 Å². The molecule has 1 unspecified atom stereocenters. The lowest BCUT2D eigenvalue weighted by Gasteiger charge is -2.31. The molecule has 2 aliphatic rings. The molecular weight excluding hydrogens is 234 g/mol. The Hall–Kier alpha value is -0.120. The van der Waals surface area contributed by atoms with Gasteiger partial charge in [-0.05, 0) is 59.0 Å². The Kier molecular flexibility index (Phi) is 5.67. The number of nitrogens with one attached hydrogen (secondary N) is 1. The lowest BCUT2D eigenvalue weighted by atomic mass is 10.0. The summed E-state index contributed by atoms with van der Waals surface area (Å²) in [5, 5.41) is 3.42. The summed E-state index contributed by atoms with van der Waals surface area (Å²) in [6.07, 6.45) is 5.68. The topological polar surface area (TPSA) is 18.5 Å². The highest BCUT2D eigenvalue weighted by Gasteiger charge is 2.29. The molecule has 3 heteroatoms. The molecule has 0 aliphatic carbocycles. The highest BCUT2D eigenvalue weighted by Crippen LogP contribution is 2.27. The molecule has 0 spiro atoms. The minimum Gasteiger partial charge on any atom is -0.314 e. The molecule has 0 aromatic carbocycles. The third-order valence-corrected chi connectivity index (χ3v) is 4.78. The van der Waals surface area contributed by atoms with Gasteiger partial charge >= 0.3 is 0 Å². The highest BCUT2D eigenvalue weighted by molar-refractivity contribution is 4.84. The first-order valence-corrected chi connectivity index (χ1v) is 8.24. The van der Waals surface area contributed by atoms with Crippen molar-refractivity contribution in [2.75, 3.05) is 45.8 Å². The van der Waals surface area contributed by atoms with Crippen LogP contribution in [0.1, 0.15) is 46.5 Å². The van der Waals surface area contributed by atoms with Gasteiger partial charge in [-0.1, -0.05) is 6.42 Å². The summed E-state index contributed by atoms with van der Waals surface area (Å²) in [7, 11) is 0. The van der Waals surface area contributed by atoms with Gasteiger partial charge in [0.2, 0.25) is 0 Å². The molecule has 1 N–H and O–H groups in total. The molecule has 0 saturated carbocycles. The molecule has 2 saturated heterocycles. The van der Waals surface area contributed by atoms with Gasteiger partial charge in [0.25, 0.3) is 0 Å². The van der Waals surface area contributed by atoms with Gasteiger partial charge in [-0.2, -0.15) is 0 Å². The summed E-state index contributed by atoms with van der Waals surface area (Å²) >= 11 is 0. The fraction of sp³-hybridized carbons (Fsp3) is 1.00. The van der Waals surface area contributed by atoms with E-state index in [1.807, 2.05) is 0 Å². The molecule has 2 fully saturated rings. The van der Waals surface area contributed by atoms with Crippen molar-refractivity contribution in [1.82, 2.24) is 15.1 Å². The number of piperazine rings is 1.